The predicted molar refractivity (Wildman–Crippen MR) is 99.3 cm³/mol. The number of pyridine rings is 1. The van der Waals surface area contributed by atoms with E-state index in [-0.39, 0.29) is 16.8 Å². The van der Waals surface area contributed by atoms with Gasteiger partial charge in [-0.2, -0.15) is 0 Å². The highest BCUT2D eigenvalue weighted by atomic mass is 19.2. The van der Waals surface area contributed by atoms with Crippen LogP contribution in [-0.4, -0.2) is 23.0 Å². The summed E-state index contributed by atoms with van der Waals surface area (Å²) < 4.78 is 27.6. The van der Waals surface area contributed by atoms with Gasteiger partial charge in [0.05, 0.1) is 11.4 Å². The third kappa shape index (κ3) is 3.67. The van der Waals surface area contributed by atoms with Crippen LogP contribution >= 0.6 is 0 Å². The topological polar surface area (TPSA) is 65.2 Å². The molecule has 7 heteroatoms. The number of hydrogen-bond donors (Lipinski definition) is 2. The lowest BCUT2D eigenvalue weighted by Crippen LogP contribution is -2.38. The molecule has 2 N–H and O–H groups in total. The van der Waals surface area contributed by atoms with Crippen LogP contribution in [0.15, 0.2) is 53.5 Å². The molecule has 0 aliphatic carbocycles. The van der Waals surface area contributed by atoms with Gasteiger partial charge in [-0.1, -0.05) is 36.4 Å². The van der Waals surface area contributed by atoms with E-state index in [4.69, 9.17) is 0 Å². The summed E-state index contributed by atoms with van der Waals surface area (Å²) >= 11 is 0. The van der Waals surface area contributed by atoms with Crippen molar-refractivity contribution in [3.05, 3.63) is 81.8 Å². The number of aromatic nitrogens is 1. The molecule has 1 atom stereocenters. The highest BCUT2D eigenvalue weighted by Gasteiger charge is 2.22. The van der Waals surface area contributed by atoms with Crippen LogP contribution in [0.2, 0.25) is 0 Å². The number of fused-ring (bicyclic) bond motifs is 1. The lowest BCUT2D eigenvalue weighted by molar-refractivity contribution is 0.194. The molecule has 2 aromatic carbocycles. The van der Waals surface area contributed by atoms with E-state index in [1.54, 1.807) is 14.0 Å². The molecular weight excluding hydrogens is 352 g/mol. The van der Waals surface area contributed by atoms with E-state index in [9.17, 15) is 18.4 Å². The van der Waals surface area contributed by atoms with Gasteiger partial charge in [0.15, 0.2) is 11.6 Å². The molecule has 0 fully saturated rings. The van der Waals surface area contributed by atoms with Gasteiger partial charge in [-0.25, -0.2) is 13.6 Å². The number of nitrogens with one attached hydrogen (secondary N) is 2. The summed E-state index contributed by atoms with van der Waals surface area (Å²) in [6.07, 6.45) is 1.42. The van der Waals surface area contributed by atoms with Crippen molar-refractivity contribution >= 4 is 16.8 Å². The van der Waals surface area contributed by atoms with E-state index in [0.29, 0.717) is 12.1 Å². The Morgan fingerprint density at radius 1 is 1.19 bits per heavy atom. The summed E-state index contributed by atoms with van der Waals surface area (Å²) in [7, 11) is 1.60. The monoisotopic (exact) mass is 371 g/mol. The van der Waals surface area contributed by atoms with Gasteiger partial charge in [-0.15, -0.1) is 0 Å². The first-order valence-corrected chi connectivity index (χ1v) is 8.44. The van der Waals surface area contributed by atoms with Gasteiger partial charge in [0, 0.05) is 19.8 Å². The van der Waals surface area contributed by atoms with Crippen LogP contribution in [-0.2, 0) is 6.54 Å². The van der Waals surface area contributed by atoms with Crippen LogP contribution in [0.1, 0.15) is 24.1 Å². The van der Waals surface area contributed by atoms with Crippen molar-refractivity contribution in [1.82, 2.24) is 15.2 Å². The fraction of sp³-hybridized carbons (Fsp3) is 0.200. The highest BCUT2D eigenvalue weighted by Crippen LogP contribution is 2.27. The van der Waals surface area contributed by atoms with Gasteiger partial charge < -0.3 is 15.2 Å². The number of carbonyl (C=O) groups is 1. The maximum Gasteiger partial charge on any atom is 0.317 e. The average molecular weight is 371 g/mol. The number of benzene rings is 2. The SMILES string of the molecule is C[C@@H](c1c[nH]c(=O)c2c(F)c(F)ccc12)N(C)C(=O)NCc1ccccc1. The normalized spacial score (nSPS) is 12.0. The van der Waals surface area contributed by atoms with Crippen LogP contribution < -0.4 is 10.9 Å². The van der Waals surface area contributed by atoms with Crippen molar-refractivity contribution in [1.29, 1.82) is 0 Å². The first kappa shape index (κ1) is 18.6. The van der Waals surface area contributed by atoms with Crippen molar-refractivity contribution in [2.24, 2.45) is 0 Å². The van der Waals surface area contributed by atoms with E-state index in [0.717, 1.165) is 11.6 Å². The summed E-state index contributed by atoms with van der Waals surface area (Å²) in [5.74, 6) is -2.29. The molecule has 1 aromatic heterocycles. The van der Waals surface area contributed by atoms with Gasteiger partial charge in [0.1, 0.15) is 0 Å². The molecule has 5 nitrogen and oxygen atoms in total. The van der Waals surface area contributed by atoms with E-state index >= 15 is 0 Å². The van der Waals surface area contributed by atoms with Crippen molar-refractivity contribution < 1.29 is 13.6 Å². The minimum atomic E-state index is -1.20. The van der Waals surface area contributed by atoms with Gasteiger partial charge in [-0.3, -0.25) is 4.79 Å². The standard InChI is InChI=1S/C20H19F2N3O2/c1-12(25(2)20(27)24-10-13-6-4-3-5-7-13)15-11-23-19(26)17-14(15)8-9-16(21)18(17)22/h3-9,11-12H,10H2,1-2H3,(H,23,26)(H,24,27)/t12-/m0/s1. The Bertz CT molecular complexity index is 1030. The molecule has 3 rings (SSSR count). The van der Waals surface area contributed by atoms with E-state index in [2.05, 4.69) is 10.3 Å². The van der Waals surface area contributed by atoms with Crippen LogP contribution in [0.25, 0.3) is 10.8 Å². The molecule has 27 heavy (non-hydrogen) atoms. The number of nitrogens with zero attached hydrogens (tertiary/aromatic N) is 1. The summed E-state index contributed by atoms with van der Waals surface area (Å²) in [4.78, 5) is 28.3. The molecule has 0 unspecified atom stereocenters. The minimum Gasteiger partial charge on any atom is -0.334 e. The fourth-order valence-corrected chi connectivity index (χ4v) is 2.93. The number of urea groups is 1. The van der Waals surface area contributed by atoms with Gasteiger partial charge in [-0.05, 0) is 29.5 Å². The van der Waals surface area contributed by atoms with Crippen molar-refractivity contribution in [3.8, 4) is 0 Å². The van der Waals surface area contributed by atoms with Crippen LogP contribution in [0, 0.1) is 11.6 Å². The molecule has 0 radical (unpaired) electrons. The lowest BCUT2D eigenvalue weighted by atomic mass is 10.0. The molecule has 140 valence electrons. The summed E-state index contributed by atoms with van der Waals surface area (Å²) in [5.41, 5.74) is 0.758. The van der Waals surface area contributed by atoms with E-state index in [1.165, 1.54) is 17.2 Å². The third-order valence-electron chi connectivity index (χ3n) is 4.63. The molecule has 0 saturated carbocycles. The summed E-state index contributed by atoms with van der Waals surface area (Å²) in [6, 6.07) is 11.0. The molecule has 1 heterocycles. The number of hydrogen-bond acceptors (Lipinski definition) is 2. The third-order valence-corrected chi connectivity index (χ3v) is 4.63. The van der Waals surface area contributed by atoms with Crippen molar-refractivity contribution in [2.75, 3.05) is 7.05 Å². The van der Waals surface area contributed by atoms with E-state index < -0.39 is 23.2 Å². The smallest absolute Gasteiger partial charge is 0.317 e. The van der Waals surface area contributed by atoms with Gasteiger partial charge in [0.2, 0.25) is 0 Å². The number of halogens is 2. The number of carbonyl (C=O) groups excluding carboxylic acids is 1. The second kappa shape index (κ2) is 7.57. The quantitative estimate of drug-likeness (QED) is 0.734. The second-order valence-corrected chi connectivity index (χ2v) is 6.29. The Balaban J connectivity index is 1.85. The Kier molecular flexibility index (Phi) is 5.21. The zero-order valence-corrected chi connectivity index (χ0v) is 14.9. The largest absolute Gasteiger partial charge is 0.334 e. The first-order valence-electron chi connectivity index (χ1n) is 8.44. The predicted octanol–water partition coefficient (Wildman–Crippen LogP) is 3.71. The Morgan fingerprint density at radius 2 is 1.89 bits per heavy atom. The number of rotatable bonds is 4. The number of amides is 2. The maximum absolute atomic E-state index is 14.1. The zero-order chi connectivity index (χ0) is 19.6. The average Bonchev–Trinajstić information content (AvgIpc) is 2.68. The molecule has 2 amide bonds. The molecule has 0 saturated heterocycles. The highest BCUT2D eigenvalue weighted by molar-refractivity contribution is 5.86. The van der Waals surface area contributed by atoms with Crippen LogP contribution in [0.4, 0.5) is 13.6 Å². The molecule has 0 aliphatic heterocycles. The molecule has 0 bridgehead atoms. The maximum atomic E-state index is 14.1. The Labute approximate surface area is 154 Å². The number of H-pyrrole nitrogens is 1. The second-order valence-electron chi connectivity index (χ2n) is 6.29. The van der Waals surface area contributed by atoms with Crippen LogP contribution in [0.3, 0.4) is 0 Å². The van der Waals surface area contributed by atoms with Gasteiger partial charge in [0.25, 0.3) is 5.56 Å². The van der Waals surface area contributed by atoms with Gasteiger partial charge >= 0.3 is 6.03 Å². The summed E-state index contributed by atoms with van der Waals surface area (Å²) in [5, 5.41) is 2.73. The lowest BCUT2D eigenvalue weighted by Gasteiger charge is -2.26. The molecule has 3 aromatic rings. The van der Waals surface area contributed by atoms with Crippen molar-refractivity contribution in [3.63, 3.8) is 0 Å². The molecule has 0 spiro atoms. The Hall–Kier alpha value is -3.22. The minimum absolute atomic E-state index is 0.271. The van der Waals surface area contributed by atoms with Crippen LogP contribution in [0.5, 0.6) is 0 Å². The first-order chi connectivity index (χ1) is 12.9. The Morgan fingerprint density at radius 3 is 2.59 bits per heavy atom. The molecular formula is C20H19F2N3O2. The zero-order valence-electron chi connectivity index (χ0n) is 14.9. The van der Waals surface area contributed by atoms with Crippen molar-refractivity contribution in [2.45, 2.75) is 19.5 Å². The summed E-state index contributed by atoms with van der Waals surface area (Å²) in [6.45, 7) is 2.11. The number of aromatic amines is 1. The fourth-order valence-electron chi connectivity index (χ4n) is 2.93. The molecule has 0 aliphatic rings. The van der Waals surface area contributed by atoms with E-state index in [1.807, 2.05) is 30.3 Å².